The predicted octanol–water partition coefficient (Wildman–Crippen LogP) is 5.96. The van der Waals surface area contributed by atoms with Crippen LogP contribution in [0.1, 0.15) is 52.5 Å². The van der Waals surface area contributed by atoms with E-state index in [9.17, 15) is 9.59 Å². The second-order valence-electron chi connectivity index (χ2n) is 11.6. The lowest BCUT2D eigenvalue weighted by Crippen LogP contribution is -2.66. The fraction of sp³-hybridized carbons (Fsp3) is 0.394. The highest BCUT2D eigenvalue weighted by Crippen LogP contribution is 2.37. The van der Waals surface area contributed by atoms with E-state index in [0.717, 1.165) is 18.4 Å². The summed E-state index contributed by atoms with van der Waals surface area (Å²) in [5.41, 5.74) is 1.09. The predicted molar refractivity (Wildman–Crippen MR) is 159 cm³/mol. The first kappa shape index (κ1) is 28.8. The molecule has 0 unspecified atom stereocenters. The number of ether oxygens (including phenoxy) is 1. The number of amides is 2. The van der Waals surface area contributed by atoms with Gasteiger partial charge in [-0.15, -0.1) is 0 Å². The summed E-state index contributed by atoms with van der Waals surface area (Å²) in [5, 5.41) is 2.47. The van der Waals surface area contributed by atoms with E-state index < -0.39 is 14.4 Å². The van der Waals surface area contributed by atoms with Crippen molar-refractivity contribution in [3.05, 3.63) is 96.6 Å². The maximum Gasteiger partial charge on any atom is 0.416 e. The molecule has 0 bridgehead atoms. The van der Waals surface area contributed by atoms with Gasteiger partial charge < -0.3 is 9.16 Å². The van der Waals surface area contributed by atoms with Crippen molar-refractivity contribution in [3.63, 3.8) is 0 Å². The molecule has 0 spiro atoms. The Labute approximate surface area is 234 Å². The zero-order valence-electron chi connectivity index (χ0n) is 23.6. The highest BCUT2D eigenvalue weighted by Gasteiger charge is 2.50. The second kappa shape index (κ2) is 12.8. The van der Waals surface area contributed by atoms with E-state index in [1.807, 2.05) is 30.3 Å². The second-order valence-corrected chi connectivity index (χ2v) is 16.0. The zero-order chi connectivity index (χ0) is 27.9. The van der Waals surface area contributed by atoms with Crippen molar-refractivity contribution in [2.45, 2.75) is 64.5 Å². The first-order valence-electron chi connectivity index (χ1n) is 14.0. The maximum atomic E-state index is 13.2. The minimum atomic E-state index is -2.57. The van der Waals surface area contributed by atoms with Crippen molar-refractivity contribution in [1.82, 2.24) is 4.90 Å². The molecule has 0 N–H and O–H groups in total. The number of rotatable bonds is 11. The van der Waals surface area contributed by atoms with Crippen LogP contribution in [0.3, 0.4) is 0 Å². The molecule has 39 heavy (non-hydrogen) atoms. The molecule has 206 valence electrons. The van der Waals surface area contributed by atoms with Crippen LogP contribution in [-0.4, -0.2) is 44.5 Å². The van der Waals surface area contributed by atoms with Crippen molar-refractivity contribution in [3.8, 4) is 0 Å². The topological polar surface area (TPSA) is 55.8 Å². The lowest BCUT2D eigenvalue weighted by molar-refractivity contribution is -0.130. The molecule has 1 saturated heterocycles. The van der Waals surface area contributed by atoms with Crippen LogP contribution < -0.4 is 10.4 Å². The SMILES string of the molecule is C[C@@H](CCCO[Si](c1ccccc1)(c1ccccc1)C(C)(C)C)CC(=O)N1C(=O)OC[C@@H]1Cc1ccccc1. The Morgan fingerprint density at radius 3 is 2.03 bits per heavy atom. The number of imide groups is 1. The van der Waals surface area contributed by atoms with E-state index in [-0.39, 0.29) is 29.5 Å². The molecule has 6 heteroatoms. The molecular weight excluding hydrogens is 502 g/mol. The van der Waals surface area contributed by atoms with Crippen LogP contribution in [0, 0.1) is 5.92 Å². The van der Waals surface area contributed by atoms with Crippen LogP contribution in [0.15, 0.2) is 91.0 Å². The Morgan fingerprint density at radius 1 is 0.949 bits per heavy atom. The summed E-state index contributed by atoms with van der Waals surface area (Å²) in [6.45, 7) is 9.78. The molecule has 1 aliphatic heterocycles. The van der Waals surface area contributed by atoms with Gasteiger partial charge in [-0.2, -0.15) is 0 Å². The van der Waals surface area contributed by atoms with Crippen LogP contribution >= 0.6 is 0 Å². The Kier molecular flexibility index (Phi) is 9.41. The average molecular weight is 544 g/mol. The highest BCUT2D eigenvalue weighted by atomic mass is 28.4. The van der Waals surface area contributed by atoms with Crippen molar-refractivity contribution in [2.24, 2.45) is 5.92 Å². The number of cyclic esters (lactones) is 1. The Morgan fingerprint density at radius 2 is 1.49 bits per heavy atom. The van der Waals surface area contributed by atoms with E-state index in [1.165, 1.54) is 15.3 Å². The molecule has 3 aromatic rings. The average Bonchev–Trinajstić information content (AvgIpc) is 3.29. The largest absolute Gasteiger partial charge is 0.447 e. The van der Waals surface area contributed by atoms with Gasteiger partial charge in [-0.3, -0.25) is 4.79 Å². The maximum absolute atomic E-state index is 13.2. The molecule has 0 aromatic heterocycles. The Hall–Kier alpha value is -3.22. The van der Waals surface area contributed by atoms with Gasteiger partial charge in [0.05, 0.1) is 6.04 Å². The minimum Gasteiger partial charge on any atom is -0.447 e. The van der Waals surface area contributed by atoms with Gasteiger partial charge in [0.15, 0.2) is 0 Å². The molecule has 0 saturated carbocycles. The third kappa shape index (κ3) is 6.68. The monoisotopic (exact) mass is 543 g/mol. The third-order valence-corrected chi connectivity index (χ3v) is 12.7. The first-order chi connectivity index (χ1) is 18.7. The van der Waals surface area contributed by atoms with Crippen LogP contribution in [-0.2, 0) is 20.4 Å². The fourth-order valence-corrected chi connectivity index (χ4v) is 10.3. The van der Waals surface area contributed by atoms with Gasteiger partial charge in [0.25, 0.3) is 8.32 Å². The molecule has 2 amide bonds. The van der Waals surface area contributed by atoms with Crippen LogP contribution in [0.2, 0.25) is 5.04 Å². The standard InChI is InChI=1S/C33H41NO4Si/c1-26(23-31(35)34-28(25-37-32(34)36)24-27-16-8-5-9-17-27)15-14-22-38-39(33(2,3)4,29-18-10-6-11-19-29)30-20-12-7-13-21-30/h5-13,16-21,26,28H,14-15,22-25H2,1-4H3/t26-,28-/m0/s1. The molecule has 2 atom stereocenters. The third-order valence-electron chi connectivity index (χ3n) is 7.64. The molecule has 4 rings (SSSR count). The summed E-state index contributed by atoms with van der Waals surface area (Å²) in [6.07, 6.45) is 2.09. The summed E-state index contributed by atoms with van der Waals surface area (Å²) >= 11 is 0. The van der Waals surface area contributed by atoms with Crippen molar-refractivity contribution < 1.29 is 18.8 Å². The molecule has 1 heterocycles. The lowest BCUT2D eigenvalue weighted by Gasteiger charge is -2.43. The molecule has 1 fully saturated rings. The van der Waals surface area contributed by atoms with E-state index in [2.05, 4.69) is 88.4 Å². The normalized spacial score (nSPS) is 16.7. The molecule has 5 nitrogen and oxygen atoms in total. The molecule has 0 aliphatic carbocycles. The number of hydrogen-bond donors (Lipinski definition) is 0. The van der Waals surface area contributed by atoms with Gasteiger partial charge in [-0.05, 0) is 46.2 Å². The van der Waals surface area contributed by atoms with E-state index in [4.69, 9.17) is 9.16 Å². The molecule has 0 radical (unpaired) electrons. The fourth-order valence-electron chi connectivity index (χ4n) is 5.72. The van der Waals surface area contributed by atoms with E-state index >= 15 is 0 Å². The quantitative estimate of drug-likeness (QED) is 0.221. The lowest BCUT2D eigenvalue weighted by atomic mass is 10.00. The Balaban J connectivity index is 1.38. The summed E-state index contributed by atoms with van der Waals surface area (Å²) < 4.78 is 12.2. The number of carbonyl (C=O) groups excluding carboxylic acids is 2. The summed E-state index contributed by atoms with van der Waals surface area (Å²) in [6, 6.07) is 31.0. The van der Waals surface area contributed by atoms with Crippen LogP contribution in [0.4, 0.5) is 4.79 Å². The number of nitrogens with zero attached hydrogens (tertiary/aromatic N) is 1. The van der Waals surface area contributed by atoms with Gasteiger partial charge >= 0.3 is 6.09 Å². The van der Waals surface area contributed by atoms with Gasteiger partial charge in [0.1, 0.15) is 6.61 Å². The van der Waals surface area contributed by atoms with Gasteiger partial charge in [-0.1, -0.05) is 119 Å². The smallest absolute Gasteiger partial charge is 0.416 e. The summed E-state index contributed by atoms with van der Waals surface area (Å²) in [7, 11) is -2.57. The molecule has 1 aliphatic rings. The van der Waals surface area contributed by atoms with E-state index in [1.54, 1.807) is 0 Å². The van der Waals surface area contributed by atoms with Crippen molar-refractivity contribution >= 4 is 30.7 Å². The van der Waals surface area contributed by atoms with Crippen molar-refractivity contribution in [2.75, 3.05) is 13.2 Å². The van der Waals surface area contributed by atoms with Gasteiger partial charge in [0.2, 0.25) is 5.91 Å². The van der Waals surface area contributed by atoms with Crippen LogP contribution in [0.25, 0.3) is 0 Å². The number of carbonyl (C=O) groups is 2. The summed E-state index contributed by atoms with van der Waals surface area (Å²) in [5.74, 6) is -0.0233. The molecular formula is C33H41NO4Si. The van der Waals surface area contributed by atoms with Crippen molar-refractivity contribution in [1.29, 1.82) is 0 Å². The zero-order valence-corrected chi connectivity index (χ0v) is 24.6. The van der Waals surface area contributed by atoms with E-state index in [0.29, 0.717) is 19.4 Å². The van der Waals surface area contributed by atoms with Gasteiger partial charge in [0, 0.05) is 13.0 Å². The minimum absolute atomic E-state index is 0.0683. The van der Waals surface area contributed by atoms with Crippen LogP contribution in [0.5, 0.6) is 0 Å². The Bertz CT molecular complexity index is 1170. The number of hydrogen-bond acceptors (Lipinski definition) is 4. The van der Waals surface area contributed by atoms with Gasteiger partial charge in [-0.25, -0.2) is 9.69 Å². The summed E-state index contributed by atoms with van der Waals surface area (Å²) in [4.78, 5) is 26.9. The molecule has 3 aromatic carbocycles. The highest BCUT2D eigenvalue weighted by molar-refractivity contribution is 6.99. The first-order valence-corrected chi connectivity index (χ1v) is 15.9. The number of benzene rings is 3.